The summed E-state index contributed by atoms with van der Waals surface area (Å²) in [7, 11) is 0. The Morgan fingerprint density at radius 3 is 1.53 bits per heavy atom. The van der Waals surface area contributed by atoms with Crippen molar-refractivity contribution < 1.29 is 20.4 Å². The van der Waals surface area contributed by atoms with E-state index in [2.05, 4.69) is 12.2 Å². The van der Waals surface area contributed by atoms with Gasteiger partial charge >= 0.3 is 0 Å². The van der Waals surface area contributed by atoms with Gasteiger partial charge in [0.1, 0.15) is 0 Å². The molecule has 0 fully saturated rings. The topological polar surface area (TPSA) is 96.2 Å². The molecule has 0 aliphatic carbocycles. The summed E-state index contributed by atoms with van der Waals surface area (Å²) in [5, 5.41) is 36.9. The molecular weight excluding hydrogens is 248 g/mol. The zero-order chi connectivity index (χ0) is 14.8. The Morgan fingerprint density at radius 2 is 1.21 bits per heavy atom. The average molecular weight is 280 g/mol. The third-order valence-corrected chi connectivity index (χ3v) is 2.40. The van der Waals surface area contributed by atoms with Gasteiger partial charge in [0.05, 0.1) is 13.2 Å². The van der Waals surface area contributed by atoms with Crippen LogP contribution >= 0.6 is 0 Å². The van der Waals surface area contributed by atoms with Crippen molar-refractivity contribution in [3.8, 4) is 0 Å². The molecule has 0 saturated carbocycles. The van der Waals surface area contributed by atoms with E-state index < -0.39 is 0 Å². The van der Waals surface area contributed by atoms with Crippen LogP contribution in [0.15, 0.2) is 0 Å². The fourth-order valence-electron chi connectivity index (χ4n) is 1.47. The number of aliphatic hydroxyl groups excluding tert-OH is 4. The van der Waals surface area contributed by atoms with Crippen LogP contribution in [0.5, 0.6) is 0 Å². The number of aliphatic hydroxyl groups is 4. The molecule has 0 aromatic rings. The summed E-state index contributed by atoms with van der Waals surface area (Å²) in [4.78, 5) is 2.04. The lowest BCUT2D eigenvalue weighted by Crippen LogP contribution is -2.30. The van der Waals surface area contributed by atoms with Gasteiger partial charge in [0.2, 0.25) is 0 Å². The van der Waals surface area contributed by atoms with E-state index in [1.54, 1.807) is 0 Å². The van der Waals surface area contributed by atoms with Gasteiger partial charge in [-0.3, -0.25) is 4.90 Å². The molecule has 5 N–H and O–H groups in total. The lowest BCUT2D eigenvalue weighted by atomic mass is 10.4. The molecule has 6 heteroatoms. The highest BCUT2D eigenvalue weighted by Crippen LogP contribution is 1.88. The largest absolute Gasteiger partial charge is 0.396 e. The van der Waals surface area contributed by atoms with Crippen LogP contribution in [0.2, 0.25) is 0 Å². The minimum atomic E-state index is 0.181. The van der Waals surface area contributed by atoms with Crippen molar-refractivity contribution in [1.82, 2.24) is 10.2 Å². The van der Waals surface area contributed by atoms with Crippen LogP contribution < -0.4 is 5.32 Å². The van der Waals surface area contributed by atoms with Gasteiger partial charge in [0.25, 0.3) is 0 Å². The van der Waals surface area contributed by atoms with Crippen LogP contribution in [0.4, 0.5) is 0 Å². The van der Waals surface area contributed by atoms with Gasteiger partial charge in [0, 0.05) is 26.3 Å². The molecule has 0 aromatic heterocycles. The molecule has 0 aliphatic rings. The lowest BCUT2D eigenvalue weighted by molar-refractivity contribution is 0.161. The second-order valence-corrected chi connectivity index (χ2v) is 4.19. The monoisotopic (exact) mass is 280 g/mol. The van der Waals surface area contributed by atoms with E-state index in [0.717, 1.165) is 38.9 Å². The number of nitrogens with one attached hydrogen (secondary N) is 1. The summed E-state index contributed by atoms with van der Waals surface area (Å²) in [6, 6.07) is 0. The van der Waals surface area contributed by atoms with Crippen molar-refractivity contribution in [3.05, 3.63) is 0 Å². The molecule has 19 heavy (non-hydrogen) atoms. The van der Waals surface area contributed by atoms with Crippen LogP contribution in [-0.4, -0.2) is 84.5 Å². The predicted octanol–water partition coefficient (Wildman–Crippen LogP) is -0.976. The summed E-state index contributed by atoms with van der Waals surface area (Å²) in [5.41, 5.74) is 0. The molecule has 0 heterocycles. The first kappa shape index (κ1) is 21.1. The van der Waals surface area contributed by atoms with Crippen molar-refractivity contribution in [2.45, 2.75) is 26.2 Å². The third kappa shape index (κ3) is 20.2. The Morgan fingerprint density at radius 1 is 0.737 bits per heavy atom. The fourth-order valence-corrected chi connectivity index (χ4v) is 1.47. The highest BCUT2D eigenvalue weighted by atomic mass is 16.3. The summed E-state index contributed by atoms with van der Waals surface area (Å²) in [6.07, 6.45) is 2.66. The molecule has 0 amide bonds. The average Bonchev–Trinajstić information content (AvgIpc) is 2.40. The van der Waals surface area contributed by atoms with Gasteiger partial charge in [-0.1, -0.05) is 6.92 Å². The fraction of sp³-hybridized carbons (Fsp3) is 1.00. The van der Waals surface area contributed by atoms with E-state index in [4.69, 9.17) is 20.4 Å². The highest BCUT2D eigenvalue weighted by Gasteiger charge is 1.99. The second kappa shape index (κ2) is 20.1. The second-order valence-electron chi connectivity index (χ2n) is 4.19. The van der Waals surface area contributed by atoms with E-state index in [1.165, 1.54) is 0 Å². The molecule has 0 saturated heterocycles. The number of rotatable bonds is 12. The predicted molar refractivity (Wildman–Crippen MR) is 77.2 cm³/mol. The Labute approximate surface area is 117 Å². The molecule has 0 unspecified atom stereocenters. The van der Waals surface area contributed by atoms with Crippen LogP contribution in [0, 0.1) is 0 Å². The Kier molecular flexibility index (Phi) is 22.3. The van der Waals surface area contributed by atoms with Crippen LogP contribution in [0.1, 0.15) is 26.2 Å². The van der Waals surface area contributed by atoms with Gasteiger partial charge in [-0.15, -0.1) is 0 Å². The lowest BCUT2D eigenvalue weighted by Gasteiger charge is -2.18. The number of hydrogen-bond donors (Lipinski definition) is 5. The standard InChI is InChI=1S/C7H17NO2.C6H15NO2/c1-2-3-8(4-6-9)5-7-10;8-5-1-3-7-4-2-6-9/h9-10H,2-7H2,1H3;7-9H,1-6H2. The maximum Gasteiger partial charge on any atom is 0.0558 e. The first-order chi connectivity index (χ1) is 9.26. The first-order valence-corrected chi connectivity index (χ1v) is 7.13. The Hall–Kier alpha value is -0.240. The zero-order valence-corrected chi connectivity index (χ0v) is 12.2. The molecular formula is C13H32N2O4. The van der Waals surface area contributed by atoms with E-state index in [-0.39, 0.29) is 26.4 Å². The number of nitrogens with zero attached hydrogens (tertiary/aromatic N) is 1. The zero-order valence-electron chi connectivity index (χ0n) is 12.2. The molecule has 6 nitrogen and oxygen atoms in total. The summed E-state index contributed by atoms with van der Waals surface area (Å²) >= 11 is 0. The van der Waals surface area contributed by atoms with E-state index >= 15 is 0 Å². The van der Waals surface area contributed by atoms with Crippen molar-refractivity contribution in [1.29, 1.82) is 0 Å². The minimum Gasteiger partial charge on any atom is -0.396 e. The molecule has 0 atom stereocenters. The molecule has 118 valence electrons. The molecule has 0 bridgehead atoms. The highest BCUT2D eigenvalue weighted by molar-refractivity contribution is 4.53. The first-order valence-electron chi connectivity index (χ1n) is 7.13. The van der Waals surface area contributed by atoms with Gasteiger partial charge in [0.15, 0.2) is 0 Å². The van der Waals surface area contributed by atoms with Crippen LogP contribution in [-0.2, 0) is 0 Å². The molecule has 0 rings (SSSR count). The Bertz CT molecular complexity index is 130. The maximum atomic E-state index is 8.57. The summed E-state index contributed by atoms with van der Waals surface area (Å²) in [6.45, 7) is 6.93. The maximum absolute atomic E-state index is 8.57. The van der Waals surface area contributed by atoms with E-state index in [0.29, 0.717) is 13.1 Å². The summed E-state index contributed by atoms with van der Waals surface area (Å²) < 4.78 is 0. The van der Waals surface area contributed by atoms with Crippen LogP contribution in [0.25, 0.3) is 0 Å². The van der Waals surface area contributed by atoms with Crippen molar-refractivity contribution in [2.24, 2.45) is 0 Å². The van der Waals surface area contributed by atoms with Crippen LogP contribution in [0.3, 0.4) is 0 Å². The Balaban J connectivity index is 0. The quantitative estimate of drug-likeness (QED) is 0.295. The van der Waals surface area contributed by atoms with Gasteiger partial charge in [-0.05, 0) is 38.9 Å². The van der Waals surface area contributed by atoms with Crippen molar-refractivity contribution >= 4 is 0 Å². The third-order valence-electron chi connectivity index (χ3n) is 2.40. The van der Waals surface area contributed by atoms with E-state index in [9.17, 15) is 0 Å². The molecule has 0 aliphatic heterocycles. The van der Waals surface area contributed by atoms with Gasteiger partial charge in [-0.2, -0.15) is 0 Å². The molecule has 0 spiro atoms. The minimum absolute atomic E-state index is 0.181. The van der Waals surface area contributed by atoms with Gasteiger partial charge < -0.3 is 25.7 Å². The van der Waals surface area contributed by atoms with Gasteiger partial charge in [-0.25, -0.2) is 0 Å². The molecule has 0 aromatic carbocycles. The smallest absolute Gasteiger partial charge is 0.0558 e. The number of hydrogen-bond acceptors (Lipinski definition) is 6. The molecule has 0 radical (unpaired) electrons. The van der Waals surface area contributed by atoms with E-state index in [1.807, 2.05) is 4.90 Å². The van der Waals surface area contributed by atoms with Crippen molar-refractivity contribution in [2.75, 3.05) is 59.2 Å². The SMILES string of the molecule is CCCN(CCO)CCO.OCCCNCCCO. The summed E-state index contributed by atoms with van der Waals surface area (Å²) in [5.74, 6) is 0. The normalized spacial score (nSPS) is 10.4. The van der Waals surface area contributed by atoms with Crippen molar-refractivity contribution in [3.63, 3.8) is 0 Å².